The number of benzene rings is 1. The Bertz CT molecular complexity index is 695. The Labute approximate surface area is 136 Å². The Kier molecular flexibility index (Phi) is 6.09. The highest BCUT2D eigenvalue weighted by molar-refractivity contribution is 5.48. The molecule has 23 heavy (non-hydrogen) atoms. The average Bonchev–Trinajstić information content (AvgIpc) is 2.54. The maximum Gasteiger partial charge on any atom is 0.254 e. The summed E-state index contributed by atoms with van der Waals surface area (Å²) in [6.45, 7) is 3.19. The molecule has 0 saturated carbocycles. The SMILES string of the molecule is CCCCCOc1ccn(Cc2cc(N)ccc2OC)c(=O)c1. The van der Waals surface area contributed by atoms with Crippen LogP contribution in [0.25, 0.3) is 0 Å². The maximum atomic E-state index is 12.2. The van der Waals surface area contributed by atoms with E-state index in [1.54, 1.807) is 30.0 Å². The largest absolute Gasteiger partial charge is 0.496 e. The predicted molar refractivity (Wildman–Crippen MR) is 92.2 cm³/mol. The molecule has 1 heterocycles. The van der Waals surface area contributed by atoms with Gasteiger partial charge in [0, 0.05) is 23.5 Å². The fourth-order valence-electron chi connectivity index (χ4n) is 2.36. The highest BCUT2D eigenvalue weighted by atomic mass is 16.5. The first kappa shape index (κ1) is 16.9. The van der Waals surface area contributed by atoms with E-state index in [-0.39, 0.29) is 5.56 Å². The summed E-state index contributed by atoms with van der Waals surface area (Å²) in [7, 11) is 1.60. The molecular formula is C18H24N2O3. The van der Waals surface area contributed by atoms with Gasteiger partial charge >= 0.3 is 0 Å². The molecule has 0 radical (unpaired) electrons. The van der Waals surface area contributed by atoms with Gasteiger partial charge in [0.25, 0.3) is 5.56 Å². The normalized spacial score (nSPS) is 10.5. The monoisotopic (exact) mass is 316 g/mol. The Morgan fingerprint density at radius 3 is 2.70 bits per heavy atom. The topological polar surface area (TPSA) is 66.5 Å². The second-order valence-corrected chi connectivity index (χ2v) is 5.46. The van der Waals surface area contributed by atoms with Crippen molar-refractivity contribution in [3.05, 3.63) is 52.4 Å². The summed E-state index contributed by atoms with van der Waals surface area (Å²) in [6, 6.07) is 8.73. The number of nitrogens with two attached hydrogens (primary N) is 1. The predicted octanol–water partition coefficient (Wildman–Crippen LogP) is 3.06. The van der Waals surface area contributed by atoms with E-state index in [4.69, 9.17) is 15.2 Å². The number of hydrogen-bond donors (Lipinski definition) is 1. The number of nitrogens with zero attached hydrogens (tertiary/aromatic N) is 1. The quantitative estimate of drug-likeness (QED) is 0.600. The third-order valence-corrected chi connectivity index (χ3v) is 3.63. The van der Waals surface area contributed by atoms with Crippen molar-refractivity contribution >= 4 is 5.69 Å². The van der Waals surface area contributed by atoms with Crippen LogP contribution in [0.3, 0.4) is 0 Å². The van der Waals surface area contributed by atoms with Gasteiger partial charge < -0.3 is 19.8 Å². The molecule has 0 amide bonds. The van der Waals surface area contributed by atoms with E-state index >= 15 is 0 Å². The van der Waals surface area contributed by atoms with Gasteiger partial charge in [0.1, 0.15) is 11.5 Å². The van der Waals surface area contributed by atoms with Gasteiger partial charge in [-0.2, -0.15) is 0 Å². The van der Waals surface area contributed by atoms with Crippen LogP contribution in [0.5, 0.6) is 11.5 Å². The van der Waals surface area contributed by atoms with E-state index in [1.807, 2.05) is 12.1 Å². The summed E-state index contributed by atoms with van der Waals surface area (Å²) >= 11 is 0. The van der Waals surface area contributed by atoms with Crippen LogP contribution in [-0.4, -0.2) is 18.3 Å². The minimum absolute atomic E-state index is 0.109. The molecule has 0 saturated heterocycles. The van der Waals surface area contributed by atoms with Crippen LogP contribution in [-0.2, 0) is 6.54 Å². The van der Waals surface area contributed by atoms with Crippen molar-refractivity contribution < 1.29 is 9.47 Å². The third kappa shape index (κ3) is 4.77. The fraction of sp³-hybridized carbons (Fsp3) is 0.389. The molecule has 1 aromatic carbocycles. The molecule has 0 aliphatic heterocycles. The fourth-order valence-corrected chi connectivity index (χ4v) is 2.36. The molecular weight excluding hydrogens is 292 g/mol. The number of unbranched alkanes of at least 4 members (excludes halogenated alkanes) is 2. The van der Waals surface area contributed by atoms with E-state index < -0.39 is 0 Å². The van der Waals surface area contributed by atoms with Crippen molar-refractivity contribution in [2.75, 3.05) is 19.5 Å². The Morgan fingerprint density at radius 2 is 2.00 bits per heavy atom. The lowest BCUT2D eigenvalue weighted by Gasteiger charge is -2.12. The van der Waals surface area contributed by atoms with E-state index in [0.29, 0.717) is 30.3 Å². The summed E-state index contributed by atoms with van der Waals surface area (Å²) in [5, 5.41) is 0. The first-order valence-electron chi connectivity index (χ1n) is 7.89. The molecule has 2 rings (SSSR count). The Hall–Kier alpha value is -2.43. The first-order chi connectivity index (χ1) is 11.1. The van der Waals surface area contributed by atoms with Crippen LogP contribution in [0.4, 0.5) is 5.69 Å². The molecule has 0 aliphatic rings. The van der Waals surface area contributed by atoms with E-state index in [9.17, 15) is 4.79 Å². The van der Waals surface area contributed by atoms with Crippen molar-refractivity contribution in [3.8, 4) is 11.5 Å². The van der Waals surface area contributed by atoms with Crippen molar-refractivity contribution in [3.63, 3.8) is 0 Å². The lowest BCUT2D eigenvalue weighted by Crippen LogP contribution is -2.19. The lowest BCUT2D eigenvalue weighted by atomic mass is 10.1. The number of anilines is 1. The Balaban J connectivity index is 2.09. The number of ether oxygens (including phenoxy) is 2. The van der Waals surface area contributed by atoms with Crippen LogP contribution >= 0.6 is 0 Å². The molecule has 0 fully saturated rings. The molecule has 0 spiro atoms. The van der Waals surface area contributed by atoms with Gasteiger partial charge in [0.2, 0.25) is 0 Å². The zero-order chi connectivity index (χ0) is 16.7. The maximum absolute atomic E-state index is 12.2. The highest BCUT2D eigenvalue weighted by Gasteiger charge is 2.06. The second kappa shape index (κ2) is 8.27. The van der Waals surface area contributed by atoms with Gasteiger partial charge in [-0.1, -0.05) is 19.8 Å². The van der Waals surface area contributed by atoms with Crippen LogP contribution in [0.15, 0.2) is 41.3 Å². The highest BCUT2D eigenvalue weighted by Crippen LogP contribution is 2.21. The van der Waals surface area contributed by atoms with E-state index in [1.165, 1.54) is 6.07 Å². The molecule has 124 valence electrons. The first-order valence-corrected chi connectivity index (χ1v) is 7.89. The molecule has 2 N–H and O–H groups in total. The second-order valence-electron chi connectivity index (χ2n) is 5.46. The third-order valence-electron chi connectivity index (χ3n) is 3.63. The van der Waals surface area contributed by atoms with Crippen molar-refractivity contribution in [2.24, 2.45) is 0 Å². The van der Waals surface area contributed by atoms with Crippen LogP contribution in [0.2, 0.25) is 0 Å². The van der Waals surface area contributed by atoms with Gasteiger partial charge in [-0.25, -0.2) is 0 Å². The number of aromatic nitrogens is 1. The zero-order valence-electron chi connectivity index (χ0n) is 13.7. The van der Waals surface area contributed by atoms with Gasteiger partial charge in [0.05, 0.1) is 20.3 Å². The molecule has 0 bridgehead atoms. The molecule has 1 aromatic heterocycles. The van der Waals surface area contributed by atoms with Crippen molar-refractivity contribution in [2.45, 2.75) is 32.7 Å². The van der Waals surface area contributed by atoms with Crippen molar-refractivity contribution in [1.29, 1.82) is 0 Å². The summed E-state index contributed by atoms with van der Waals surface area (Å²) < 4.78 is 12.5. The lowest BCUT2D eigenvalue weighted by molar-refractivity contribution is 0.305. The standard InChI is InChI=1S/C18H24N2O3/c1-3-4-5-10-23-16-8-9-20(18(21)12-16)13-14-11-15(19)6-7-17(14)22-2/h6-9,11-12H,3-5,10,13,19H2,1-2H3. The van der Waals surface area contributed by atoms with Gasteiger partial charge in [-0.05, 0) is 30.7 Å². The molecule has 2 aromatic rings. The molecule has 0 atom stereocenters. The molecule has 0 aliphatic carbocycles. The molecule has 0 unspecified atom stereocenters. The summed E-state index contributed by atoms with van der Waals surface area (Å²) in [5.74, 6) is 1.33. The summed E-state index contributed by atoms with van der Waals surface area (Å²) in [6.07, 6.45) is 5.01. The number of nitrogen functional groups attached to an aromatic ring is 1. The van der Waals surface area contributed by atoms with E-state index in [2.05, 4.69) is 6.92 Å². The van der Waals surface area contributed by atoms with Gasteiger partial charge in [-0.15, -0.1) is 0 Å². The van der Waals surface area contributed by atoms with Crippen LogP contribution in [0, 0.1) is 0 Å². The van der Waals surface area contributed by atoms with Crippen molar-refractivity contribution in [1.82, 2.24) is 4.57 Å². The minimum Gasteiger partial charge on any atom is -0.496 e. The number of methoxy groups -OCH3 is 1. The Morgan fingerprint density at radius 1 is 1.17 bits per heavy atom. The molecule has 5 heteroatoms. The summed E-state index contributed by atoms with van der Waals surface area (Å²) in [5.41, 5.74) is 7.22. The minimum atomic E-state index is -0.109. The average molecular weight is 316 g/mol. The zero-order valence-corrected chi connectivity index (χ0v) is 13.7. The molecule has 5 nitrogen and oxygen atoms in total. The smallest absolute Gasteiger partial charge is 0.254 e. The van der Waals surface area contributed by atoms with Gasteiger partial charge in [-0.3, -0.25) is 4.79 Å². The van der Waals surface area contributed by atoms with Crippen LogP contribution < -0.4 is 20.8 Å². The van der Waals surface area contributed by atoms with Crippen LogP contribution in [0.1, 0.15) is 31.7 Å². The van der Waals surface area contributed by atoms with Gasteiger partial charge in [0.15, 0.2) is 0 Å². The number of hydrogen-bond acceptors (Lipinski definition) is 4. The summed E-state index contributed by atoms with van der Waals surface area (Å²) in [4.78, 5) is 12.2. The van der Waals surface area contributed by atoms with E-state index in [0.717, 1.165) is 24.8 Å². The number of rotatable bonds is 8. The number of pyridine rings is 1.